The summed E-state index contributed by atoms with van der Waals surface area (Å²) in [6.45, 7) is 0. The number of thioether (sulfide) groups is 1. The van der Waals surface area contributed by atoms with Crippen molar-refractivity contribution in [2.75, 3.05) is 5.75 Å². The first-order valence-electron chi connectivity index (χ1n) is 5.51. The molecule has 2 amide bonds. The van der Waals surface area contributed by atoms with Crippen molar-refractivity contribution in [3.05, 3.63) is 53.3 Å². The number of carbonyl (C=O) groups is 2. The van der Waals surface area contributed by atoms with Crippen molar-refractivity contribution >= 4 is 35.2 Å². The molecule has 1 heterocycles. The number of aromatic amines is 1. The molecule has 4 nitrogen and oxygen atoms in total. The molecule has 0 unspecified atom stereocenters. The number of benzene rings is 1. The molecule has 0 saturated heterocycles. The van der Waals surface area contributed by atoms with Gasteiger partial charge in [0.15, 0.2) is 0 Å². The molecule has 0 radical (unpaired) electrons. The van der Waals surface area contributed by atoms with Crippen molar-refractivity contribution in [2.45, 2.75) is 4.90 Å². The van der Waals surface area contributed by atoms with Crippen LogP contribution in [0.15, 0.2) is 47.5 Å². The van der Waals surface area contributed by atoms with Gasteiger partial charge in [-0.1, -0.05) is 23.7 Å². The van der Waals surface area contributed by atoms with Crippen LogP contribution in [0.2, 0.25) is 5.02 Å². The summed E-state index contributed by atoms with van der Waals surface area (Å²) in [7, 11) is 0. The lowest BCUT2D eigenvalue weighted by Gasteiger charge is -2.04. The second-order valence-electron chi connectivity index (χ2n) is 3.68. The molecule has 1 aromatic carbocycles. The number of halogens is 1. The highest BCUT2D eigenvalue weighted by Gasteiger charge is 2.11. The SMILES string of the molecule is O=C(CSc1ccccc1Cl)NC(=O)c1ccc[nH]1. The summed E-state index contributed by atoms with van der Waals surface area (Å²) < 4.78 is 0. The number of imide groups is 1. The van der Waals surface area contributed by atoms with E-state index in [4.69, 9.17) is 11.6 Å². The lowest BCUT2D eigenvalue weighted by atomic mass is 10.4. The van der Waals surface area contributed by atoms with Gasteiger partial charge < -0.3 is 4.98 Å². The average molecular weight is 295 g/mol. The Hall–Kier alpha value is -1.72. The minimum Gasteiger partial charge on any atom is -0.357 e. The van der Waals surface area contributed by atoms with Crippen LogP contribution in [-0.2, 0) is 4.79 Å². The maximum absolute atomic E-state index is 11.6. The zero-order valence-corrected chi connectivity index (χ0v) is 11.4. The minimum atomic E-state index is -0.435. The molecule has 2 N–H and O–H groups in total. The molecular formula is C13H11ClN2O2S. The monoisotopic (exact) mass is 294 g/mol. The Morgan fingerprint density at radius 1 is 1.21 bits per heavy atom. The number of nitrogens with one attached hydrogen (secondary N) is 2. The van der Waals surface area contributed by atoms with E-state index in [9.17, 15) is 9.59 Å². The van der Waals surface area contributed by atoms with Gasteiger partial charge in [0, 0.05) is 11.1 Å². The summed E-state index contributed by atoms with van der Waals surface area (Å²) >= 11 is 7.26. The van der Waals surface area contributed by atoms with Gasteiger partial charge in [0.2, 0.25) is 5.91 Å². The van der Waals surface area contributed by atoms with Crippen LogP contribution in [0.3, 0.4) is 0 Å². The molecule has 0 bridgehead atoms. The maximum Gasteiger partial charge on any atom is 0.274 e. The van der Waals surface area contributed by atoms with E-state index in [2.05, 4.69) is 10.3 Å². The molecule has 0 atom stereocenters. The van der Waals surface area contributed by atoms with Crippen molar-refractivity contribution in [2.24, 2.45) is 0 Å². The molecule has 0 fully saturated rings. The molecule has 2 rings (SSSR count). The largest absolute Gasteiger partial charge is 0.357 e. The summed E-state index contributed by atoms with van der Waals surface area (Å²) in [5.74, 6) is -0.657. The minimum absolute atomic E-state index is 0.135. The van der Waals surface area contributed by atoms with E-state index in [1.54, 1.807) is 24.4 Å². The van der Waals surface area contributed by atoms with Gasteiger partial charge in [-0.2, -0.15) is 0 Å². The van der Waals surface area contributed by atoms with Crippen LogP contribution in [0.1, 0.15) is 10.5 Å². The lowest BCUT2D eigenvalue weighted by Crippen LogP contribution is -2.32. The number of hydrogen-bond donors (Lipinski definition) is 2. The van der Waals surface area contributed by atoms with Gasteiger partial charge in [-0.3, -0.25) is 14.9 Å². The Kier molecular flexibility index (Phi) is 4.65. The Balaban J connectivity index is 1.85. The molecule has 6 heteroatoms. The van der Waals surface area contributed by atoms with Gasteiger partial charge >= 0.3 is 0 Å². The molecule has 19 heavy (non-hydrogen) atoms. The van der Waals surface area contributed by atoms with Crippen LogP contribution in [0, 0.1) is 0 Å². The Labute approximate surface area is 119 Å². The third-order valence-electron chi connectivity index (χ3n) is 2.29. The molecule has 2 aromatic rings. The van der Waals surface area contributed by atoms with Crippen molar-refractivity contribution in [1.82, 2.24) is 10.3 Å². The molecule has 1 aromatic heterocycles. The first-order valence-corrected chi connectivity index (χ1v) is 6.88. The topological polar surface area (TPSA) is 62.0 Å². The Morgan fingerprint density at radius 3 is 2.68 bits per heavy atom. The smallest absolute Gasteiger partial charge is 0.274 e. The van der Waals surface area contributed by atoms with Crippen molar-refractivity contribution in [3.8, 4) is 0 Å². The first-order chi connectivity index (χ1) is 9.16. The number of amides is 2. The predicted molar refractivity (Wildman–Crippen MR) is 75.4 cm³/mol. The van der Waals surface area contributed by atoms with E-state index in [0.29, 0.717) is 10.7 Å². The zero-order chi connectivity index (χ0) is 13.7. The highest BCUT2D eigenvalue weighted by Crippen LogP contribution is 2.26. The van der Waals surface area contributed by atoms with Gasteiger partial charge in [0.05, 0.1) is 10.8 Å². The van der Waals surface area contributed by atoms with E-state index in [0.717, 1.165) is 4.90 Å². The molecule has 0 saturated carbocycles. The van der Waals surface area contributed by atoms with Crippen LogP contribution in [-0.4, -0.2) is 22.6 Å². The number of hydrogen-bond acceptors (Lipinski definition) is 3. The first kappa shape index (κ1) is 13.7. The molecule has 0 spiro atoms. The number of rotatable bonds is 4. The summed E-state index contributed by atoms with van der Waals surface area (Å²) in [4.78, 5) is 26.8. The van der Waals surface area contributed by atoms with E-state index < -0.39 is 5.91 Å². The fourth-order valence-corrected chi connectivity index (χ4v) is 2.45. The Morgan fingerprint density at radius 2 is 2.00 bits per heavy atom. The van der Waals surface area contributed by atoms with E-state index in [1.165, 1.54) is 11.8 Å². The van der Waals surface area contributed by atoms with Crippen LogP contribution in [0.25, 0.3) is 0 Å². The van der Waals surface area contributed by atoms with E-state index >= 15 is 0 Å². The standard InChI is InChI=1S/C13H11ClN2O2S/c14-9-4-1-2-6-11(9)19-8-12(17)16-13(18)10-5-3-7-15-10/h1-7,15H,8H2,(H,16,17,18). The third kappa shape index (κ3) is 3.87. The Bertz CT molecular complexity index is 584. The summed E-state index contributed by atoms with van der Waals surface area (Å²) in [6.07, 6.45) is 1.62. The van der Waals surface area contributed by atoms with Crippen molar-refractivity contribution in [3.63, 3.8) is 0 Å². The molecular weight excluding hydrogens is 284 g/mol. The maximum atomic E-state index is 11.6. The van der Waals surface area contributed by atoms with Gasteiger partial charge in [0.1, 0.15) is 5.69 Å². The van der Waals surface area contributed by atoms with Gasteiger partial charge in [-0.25, -0.2) is 0 Å². The van der Waals surface area contributed by atoms with Crippen LogP contribution >= 0.6 is 23.4 Å². The number of carbonyl (C=O) groups excluding carboxylic acids is 2. The van der Waals surface area contributed by atoms with Crippen LogP contribution < -0.4 is 5.32 Å². The normalized spacial score (nSPS) is 10.2. The van der Waals surface area contributed by atoms with Crippen molar-refractivity contribution < 1.29 is 9.59 Å². The predicted octanol–water partition coefficient (Wildman–Crippen LogP) is 2.72. The van der Waals surface area contributed by atoms with E-state index in [-0.39, 0.29) is 11.7 Å². The third-order valence-corrected chi connectivity index (χ3v) is 3.81. The second-order valence-corrected chi connectivity index (χ2v) is 5.10. The van der Waals surface area contributed by atoms with E-state index in [1.807, 2.05) is 18.2 Å². The summed E-state index contributed by atoms with van der Waals surface area (Å²) in [5, 5.41) is 2.89. The summed E-state index contributed by atoms with van der Waals surface area (Å²) in [5.41, 5.74) is 0.357. The number of H-pyrrole nitrogens is 1. The highest BCUT2D eigenvalue weighted by molar-refractivity contribution is 8.00. The molecule has 98 valence electrons. The van der Waals surface area contributed by atoms with Gasteiger partial charge in [-0.05, 0) is 24.3 Å². The molecule has 0 aliphatic rings. The van der Waals surface area contributed by atoms with Crippen molar-refractivity contribution in [1.29, 1.82) is 0 Å². The average Bonchev–Trinajstić information content (AvgIpc) is 2.91. The lowest BCUT2D eigenvalue weighted by molar-refractivity contribution is -0.117. The quantitative estimate of drug-likeness (QED) is 0.852. The fraction of sp³-hybridized carbons (Fsp3) is 0.0769. The van der Waals surface area contributed by atoms with Gasteiger partial charge in [0.25, 0.3) is 5.91 Å². The number of aromatic nitrogens is 1. The second kappa shape index (κ2) is 6.45. The molecule has 0 aliphatic heterocycles. The van der Waals surface area contributed by atoms with Crippen LogP contribution in [0.5, 0.6) is 0 Å². The zero-order valence-electron chi connectivity index (χ0n) is 9.85. The highest BCUT2D eigenvalue weighted by atomic mass is 35.5. The summed E-state index contributed by atoms with van der Waals surface area (Å²) in [6, 6.07) is 10.5. The molecule has 0 aliphatic carbocycles. The fourth-order valence-electron chi connectivity index (χ4n) is 1.41. The van der Waals surface area contributed by atoms with Gasteiger partial charge in [-0.15, -0.1) is 11.8 Å². The van der Waals surface area contributed by atoms with Crippen LogP contribution in [0.4, 0.5) is 0 Å².